The molecule has 3 nitrogen and oxygen atoms in total. The number of rotatable bonds is 3. The smallest absolute Gasteiger partial charge is 0.461 e. The maximum Gasteiger partial charge on any atom is 0.488 e. The third-order valence-electron chi connectivity index (χ3n) is 2.92. The van der Waals surface area contributed by atoms with Crippen molar-refractivity contribution in [1.82, 2.24) is 0 Å². The van der Waals surface area contributed by atoms with Gasteiger partial charge in [-0.3, -0.25) is 0 Å². The van der Waals surface area contributed by atoms with Gasteiger partial charge in [0.1, 0.15) is 11.3 Å². The molecule has 0 amide bonds. The summed E-state index contributed by atoms with van der Waals surface area (Å²) in [5.74, 6) is 1.49. The van der Waals surface area contributed by atoms with Crippen molar-refractivity contribution in [1.29, 1.82) is 0 Å². The fraction of sp³-hybridized carbons (Fsp3) is 0.385. The second kappa shape index (κ2) is 4.55. The Morgan fingerprint density at radius 1 is 1.29 bits per heavy atom. The Kier molecular flexibility index (Phi) is 3.27. The van der Waals surface area contributed by atoms with Gasteiger partial charge < -0.3 is 14.5 Å². The number of hydrogen-bond acceptors (Lipinski definition) is 3. The van der Waals surface area contributed by atoms with Crippen LogP contribution in [0.5, 0.6) is 0 Å². The van der Waals surface area contributed by atoms with Crippen molar-refractivity contribution in [3.8, 4) is 0 Å². The lowest BCUT2D eigenvalue weighted by Crippen LogP contribution is -2.31. The van der Waals surface area contributed by atoms with Crippen LogP contribution in [0, 0.1) is 12.8 Å². The molecular weight excluding hydrogens is 215 g/mol. The first-order valence-corrected chi connectivity index (χ1v) is 5.87. The number of benzene rings is 1. The summed E-state index contributed by atoms with van der Waals surface area (Å²) in [5, 5.41) is 19.5. The van der Waals surface area contributed by atoms with Gasteiger partial charge in [-0.15, -0.1) is 0 Å². The zero-order valence-electron chi connectivity index (χ0n) is 10.4. The normalized spacial score (nSPS) is 11.4. The average molecular weight is 232 g/mol. The maximum absolute atomic E-state index is 9.23. The predicted molar refractivity (Wildman–Crippen MR) is 69.3 cm³/mol. The minimum Gasteiger partial charge on any atom is -0.461 e. The largest absolute Gasteiger partial charge is 0.488 e. The van der Waals surface area contributed by atoms with Gasteiger partial charge in [0.15, 0.2) is 0 Å². The summed E-state index contributed by atoms with van der Waals surface area (Å²) in [7, 11) is -1.45. The van der Waals surface area contributed by atoms with E-state index in [1.807, 2.05) is 19.1 Å². The molecule has 0 radical (unpaired) electrons. The summed E-state index contributed by atoms with van der Waals surface area (Å²) in [6.07, 6.45) is 0.894. The Bertz CT molecular complexity index is 529. The van der Waals surface area contributed by atoms with E-state index in [0.717, 1.165) is 28.7 Å². The van der Waals surface area contributed by atoms with Crippen LogP contribution in [0.1, 0.15) is 25.2 Å². The van der Waals surface area contributed by atoms with Crippen LogP contribution >= 0.6 is 0 Å². The molecule has 0 aliphatic rings. The topological polar surface area (TPSA) is 53.6 Å². The van der Waals surface area contributed by atoms with Crippen molar-refractivity contribution in [2.75, 3.05) is 0 Å². The molecule has 1 heterocycles. The van der Waals surface area contributed by atoms with Crippen molar-refractivity contribution in [2.24, 2.45) is 5.92 Å². The van der Waals surface area contributed by atoms with E-state index < -0.39 is 7.12 Å². The molecule has 0 unspecified atom stereocenters. The average Bonchev–Trinajstić information content (AvgIpc) is 2.60. The quantitative estimate of drug-likeness (QED) is 0.790. The van der Waals surface area contributed by atoms with Crippen molar-refractivity contribution >= 4 is 23.6 Å². The summed E-state index contributed by atoms with van der Waals surface area (Å²) >= 11 is 0. The Morgan fingerprint density at radius 2 is 2.00 bits per heavy atom. The molecule has 0 saturated heterocycles. The van der Waals surface area contributed by atoms with Gasteiger partial charge in [0.25, 0.3) is 0 Å². The van der Waals surface area contributed by atoms with Gasteiger partial charge in [-0.2, -0.15) is 0 Å². The fourth-order valence-corrected chi connectivity index (χ4v) is 2.09. The van der Waals surface area contributed by atoms with Gasteiger partial charge in [-0.25, -0.2) is 0 Å². The number of furan rings is 1. The summed E-state index contributed by atoms with van der Waals surface area (Å²) in [4.78, 5) is 0. The molecule has 1 aromatic carbocycles. The van der Waals surface area contributed by atoms with Gasteiger partial charge in [0, 0.05) is 11.8 Å². The molecule has 0 saturated carbocycles. The predicted octanol–water partition coefficient (Wildman–Crippen LogP) is 1.62. The molecule has 4 heteroatoms. The third-order valence-corrected chi connectivity index (χ3v) is 2.92. The van der Waals surface area contributed by atoms with Crippen molar-refractivity contribution in [2.45, 2.75) is 27.2 Å². The summed E-state index contributed by atoms with van der Waals surface area (Å²) in [5.41, 5.74) is 2.06. The van der Waals surface area contributed by atoms with Crippen LogP contribution in [0.25, 0.3) is 11.0 Å². The lowest BCUT2D eigenvalue weighted by molar-refractivity contribution is 0.425. The van der Waals surface area contributed by atoms with E-state index in [-0.39, 0.29) is 0 Å². The molecule has 0 aliphatic heterocycles. The first kappa shape index (κ1) is 12.2. The summed E-state index contributed by atoms with van der Waals surface area (Å²) in [6.45, 7) is 6.13. The van der Waals surface area contributed by atoms with Crippen LogP contribution in [0.3, 0.4) is 0 Å². The zero-order valence-corrected chi connectivity index (χ0v) is 10.4. The molecule has 0 spiro atoms. The lowest BCUT2D eigenvalue weighted by Gasteiger charge is -2.04. The summed E-state index contributed by atoms with van der Waals surface area (Å²) in [6, 6.07) is 5.62. The second-order valence-electron chi connectivity index (χ2n) is 4.88. The number of aryl methyl sites for hydroxylation is 1. The molecule has 2 rings (SSSR count). The van der Waals surface area contributed by atoms with Gasteiger partial charge in [-0.1, -0.05) is 26.0 Å². The number of hydrogen-bond donors (Lipinski definition) is 2. The maximum atomic E-state index is 9.23. The molecule has 17 heavy (non-hydrogen) atoms. The molecule has 0 bridgehead atoms. The fourth-order valence-electron chi connectivity index (χ4n) is 2.09. The molecule has 0 atom stereocenters. The minimum atomic E-state index is -1.45. The van der Waals surface area contributed by atoms with Crippen LogP contribution in [0.2, 0.25) is 0 Å². The third kappa shape index (κ3) is 2.38. The van der Waals surface area contributed by atoms with Crippen LogP contribution in [-0.2, 0) is 6.42 Å². The molecule has 0 aliphatic carbocycles. The first-order chi connectivity index (χ1) is 7.99. The molecule has 90 valence electrons. The van der Waals surface area contributed by atoms with Gasteiger partial charge in [0.2, 0.25) is 0 Å². The Labute approximate surface area is 101 Å². The standard InChI is InChI=1S/C13H17BO3/c1-8(2)6-11-7-10-4-5-12(14(15)16)9(3)13(10)17-11/h4-5,7-8,15-16H,6H2,1-3H3. The molecule has 1 aromatic heterocycles. The van der Waals surface area contributed by atoms with E-state index in [2.05, 4.69) is 13.8 Å². The highest BCUT2D eigenvalue weighted by Crippen LogP contribution is 2.23. The minimum absolute atomic E-state index is 0.503. The van der Waals surface area contributed by atoms with Gasteiger partial charge in [0.05, 0.1) is 0 Å². The van der Waals surface area contributed by atoms with Crippen LogP contribution in [-0.4, -0.2) is 17.2 Å². The Hall–Kier alpha value is -1.26. The van der Waals surface area contributed by atoms with E-state index in [1.165, 1.54) is 0 Å². The van der Waals surface area contributed by atoms with Crippen molar-refractivity contribution < 1.29 is 14.5 Å². The highest BCUT2D eigenvalue weighted by atomic mass is 16.4. The van der Waals surface area contributed by atoms with E-state index in [4.69, 9.17) is 4.42 Å². The number of fused-ring (bicyclic) bond motifs is 1. The van der Waals surface area contributed by atoms with Crippen molar-refractivity contribution in [3.05, 3.63) is 29.5 Å². The first-order valence-electron chi connectivity index (χ1n) is 5.87. The van der Waals surface area contributed by atoms with E-state index in [0.29, 0.717) is 11.4 Å². The van der Waals surface area contributed by atoms with Crippen LogP contribution in [0.4, 0.5) is 0 Å². The van der Waals surface area contributed by atoms with E-state index in [9.17, 15) is 10.0 Å². The molecule has 0 fully saturated rings. The van der Waals surface area contributed by atoms with E-state index >= 15 is 0 Å². The zero-order chi connectivity index (χ0) is 12.6. The molecular formula is C13H17BO3. The Balaban J connectivity index is 2.50. The Morgan fingerprint density at radius 3 is 2.59 bits per heavy atom. The van der Waals surface area contributed by atoms with Crippen LogP contribution in [0.15, 0.2) is 22.6 Å². The second-order valence-corrected chi connectivity index (χ2v) is 4.88. The highest BCUT2D eigenvalue weighted by Gasteiger charge is 2.17. The van der Waals surface area contributed by atoms with Crippen molar-refractivity contribution in [3.63, 3.8) is 0 Å². The monoisotopic (exact) mass is 232 g/mol. The van der Waals surface area contributed by atoms with Gasteiger partial charge in [-0.05, 0) is 29.9 Å². The molecule has 2 aromatic rings. The van der Waals surface area contributed by atoms with Crippen LogP contribution < -0.4 is 5.46 Å². The lowest BCUT2D eigenvalue weighted by atomic mass is 9.77. The molecule has 2 N–H and O–H groups in total. The summed E-state index contributed by atoms with van der Waals surface area (Å²) < 4.78 is 5.78. The van der Waals surface area contributed by atoms with E-state index in [1.54, 1.807) is 6.07 Å². The van der Waals surface area contributed by atoms with Gasteiger partial charge >= 0.3 is 7.12 Å². The SMILES string of the molecule is Cc1c(B(O)O)ccc2cc(CC(C)C)oc12. The highest BCUT2D eigenvalue weighted by molar-refractivity contribution is 6.59.